The van der Waals surface area contributed by atoms with E-state index >= 15 is 0 Å². The number of fused-ring (bicyclic) bond motifs is 2. The van der Waals surface area contributed by atoms with Crippen LogP contribution in [-0.2, 0) is 27.3 Å². The molecule has 2 atom stereocenters. The first-order chi connectivity index (χ1) is 20.3. The largest absolute Gasteiger partial charge is 0.573 e. The normalized spacial score (nSPS) is 21.9. The molecule has 11 heteroatoms. The summed E-state index contributed by atoms with van der Waals surface area (Å²) in [6.07, 6.45) is 3.61. The summed E-state index contributed by atoms with van der Waals surface area (Å²) in [6, 6.07) is 10.6. The van der Waals surface area contributed by atoms with Crippen molar-refractivity contribution in [1.29, 1.82) is 0 Å². The minimum atomic E-state index is -4.82. The number of aryl methyl sites for hydroxylation is 1. The fraction of sp³-hybridized carbons (Fsp3) is 0.516. The molecular weight excluding hydrogens is 551 g/mol. The molecule has 0 radical (unpaired) electrons. The third-order valence-electron chi connectivity index (χ3n) is 8.28. The molecule has 8 nitrogen and oxygen atoms in total. The molecule has 3 aliphatic rings. The van der Waals surface area contributed by atoms with Crippen molar-refractivity contribution in [1.82, 2.24) is 10.1 Å². The number of para-hydroxylation sites is 1. The third-order valence-corrected chi connectivity index (χ3v) is 8.28. The van der Waals surface area contributed by atoms with Crippen LogP contribution < -0.4 is 9.64 Å². The van der Waals surface area contributed by atoms with Crippen LogP contribution in [0.2, 0.25) is 0 Å². The second-order valence-corrected chi connectivity index (χ2v) is 11.2. The summed E-state index contributed by atoms with van der Waals surface area (Å²) in [5.41, 5.74) is 2.27. The van der Waals surface area contributed by atoms with Gasteiger partial charge in [0.25, 0.3) is 0 Å². The lowest BCUT2D eigenvalue weighted by molar-refractivity contribution is -0.274. The van der Waals surface area contributed by atoms with E-state index in [0.29, 0.717) is 36.5 Å². The topological polar surface area (TPSA) is 86.9 Å². The van der Waals surface area contributed by atoms with E-state index in [4.69, 9.17) is 19.0 Å². The number of benzene rings is 1. The van der Waals surface area contributed by atoms with Gasteiger partial charge >= 0.3 is 12.3 Å². The van der Waals surface area contributed by atoms with E-state index in [1.165, 1.54) is 12.1 Å². The van der Waals surface area contributed by atoms with Gasteiger partial charge in [-0.3, -0.25) is 4.79 Å². The first-order valence-corrected chi connectivity index (χ1v) is 14.6. The number of hydrogen-bond acceptors (Lipinski definition) is 8. The van der Waals surface area contributed by atoms with Gasteiger partial charge in [0.05, 0.1) is 19.3 Å². The average Bonchev–Trinajstić information content (AvgIpc) is 3.66. The number of carbonyl (C=O) groups excluding carboxylic acids is 1. The number of ether oxygens (including phenoxy) is 3. The molecule has 2 bridgehead atoms. The Hall–Kier alpha value is -3.60. The van der Waals surface area contributed by atoms with Crippen LogP contribution in [0.1, 0.15) is 74.7 Å². The summed E-state index contributed by atoms with van der Waals surface area (Å²) < 4.78 is 60.7. The molecule has 2 aromatic heterocycles. The maximum Gasteiger partial charge on any atom is 0.573 e. The van der Waals surface area contributed by atoms with Crippen LogP contribution in [0.5, 0.6) is 5.75 Å². The molecule has 0 spiro atoms. The van der Waals surface area contributed by atoms with Gasteiger partial charge < -0.3 is 23.6 Å². The highest BCUT2D eigenvalue weighted by Crippen LogP contribution is 2.46. The van der Waals surface area contributed by atoms with Gasteiger partial charge in [-0.15, -0.1) is 13.2 Å². The van der Waals surface area contributed by atoms with Gasteiger partial charge in [-0.2, -0.15) is 0 Å². The fourth-order valence-corrected chi connectivity index (χ4v) is 6.25. The SMILES string of the molecule is CCOC(=O)CCc1ccc(N2C3CCC2CC(OCc2c(-c4ccccc4OC(F)(F)F)noc2C2CC2)C3)nc1. The maximum absolute atomic E-state index is 13.1. The van der Waals surface area contributed by atoms with E-state index in [0.717, 1.165) is 49.9 Å². The smallest absolute Gasteiger partial charge is 0.466 e. The zero-order chi connectivity index (χ0) is 29.3. The lowest BCUT2D eigenvalue weighted by Gasteiger charge is -2.39. The van der Waals surface area contributed by atoms with Crippen LogP contribution in [-0.4, -0.2) is 47.3 Å². The molecule has 3 fully saturated rings. The van der Waals surface area contributed by atoms with Crippen LogP contribution in [0, 0.1) is 0 Å². The van der Waals surface area contributed by atoms with Gasteiger partial charge in [-0.1, -0.05) is 23.4 Å². The fourth-order valence-electron chi connectivity index (χ4n) is 6.25. The first-order valence-electron chi connectivity index (χ1n) is 14.6. The third kappa shape index (κ3) is 6.40. The van der Waals surface area contributed by atoms with Crippen molar-refractivity contribution in [3.05, 3.63) is 59.5 Å². The summed E-state index contributed by atoms with van der Waals surface area (Å²) in [7, 11) is 0. The molecule has 6 rings (SSSR count). The number of nitrogens with zero attached hydrogens (tertiary/aromatic N) is 3. The van der Waals surface area contributed by atoms with Gasteiger partial charge in [-0.05, 0) is 75.6 Å². The Labute approximate surface area is 242 Å². The summed E-state index contributed by atoms with van der Waals surface area (Å²) in [5, 5.41) is 4.19. The summed E-state index contributed by atoms with van der Waals surface area (Å²) in [4.78, 5) is 18.8. The maximum atomic E-state index is 13.1. The number of esters is 1. The minimum absolute atomic E-state index is 0.000858. The first kappa shape index (κ1) is 28.5. The molecule has 2 saturated heterocycles. The molecular formula is C31H34F3N3O5. The van der Waals surface area contributed by atoms with E-state index in [2.05, 4.69) is 14.8 Å². The van der Waals surface area contributed by atoms with E-state index in [-0.39, 0.29) is 48.0 Å². The number of anilines is 1. The molecule has 0 amide bonds. The van der Waals surface area contributed by atoms with Crippen LogP contribution >= 0.6 is 0 Å². The lowest BCUT2D eigenvalue weighted by atomic mass is 9.99. The molecule has 2 unspecified atom stereocenters. The van der Waals surface area contributed by atoms with E-state index in [1.54, 1.807) is 19.1 Å². The highest BCUT2D eigenvalue weighted by atomic mass is 19.4. The number of rotatable bonds is 11. The molecule has 3 aromatic rings. The van der Waals surface area contributed by atoms with Gasteiger partial charge in [0.1, 0.15) is 23.0 Å². The number of carbonyl (C=O) groups is 1. The standard InChI is InChI=1S/C31H34F3N3O5/c1-2-39-28(38)14-8-19-7-13-27(35-17-19)37-21-11-12-22(37)16-23(15-21)40-18-25-29(36-42-30(25)20-9-10-20)24-5-3-4-6-26(24)41-31(32,33)34/h3-7,13,17,20-23H,2,8-12,14-16,18H2,1H3. The van der Waals surface area contributed by atoms with Crippen molar-refractivity contribution in [2.45, 2.75) is 95.4 Å². The van der Waals surface area contributed by atoms with Crippen molar-refractivity contribution in [3.63, 3.8) is 0 Å². The zero-order valence-corrected chi connectivity index (χ0v) is 23.4. The Morgan fingerprint density at radius 1 is 1.07 bits per heavy atom. The molecule has 224 valence electrons. The van der Waals surface area contributed by atoms with Crippen LogP contribution in [0.4, 0.5) is 19.0 Å². The second kappa shape index (κ2) is 11.9. The van der Waals surface area contributed by atoms with Crippen molar-refractivity contribution >= 4 is 11.8 Å². The van der Waals surface area contributed by atoms with Crippen LogP contribution in [0.15, 0.2) is 47.1 Å². The highest BCUT2D eigenvalue weighted by Gasteiger charge is 2.42. The molecule has 42 heavy (non-hydrogen) atoms. The second-order valence-electron chi connectivity index (χ2n) is 11.2. The molecule has 4 heterocycles. The quantitative estimate of drug-likeness (QED) is 0.229. The van der Waals surface area contributed by atoms with E-state index in [9.17, 15) is 18.0 Å². The van der Waals surface area contributed by atoms with E-state index in [1.807, 2.05) is 18.3 Å². The molecule has 1 aliphatic carbocycles. The Kier molecular flexibility index (Phi) is 8.11. The predicted molar refractivity (Wildman–Crippen MR) is 147 cm³/mol. The summed E-state index contributed by atoms with van der Waals surface area (Å²) in [6.45, 7) is 2.39. The van der Waals surface area contributed by atoms with Crippen molar-refractivity contribution < 1.29 is 36.7 Å². The lowest BCUT2D eigenvalue weighted by Crippen LogP contribution is -2.46. The van der Waals surface area contributed by atoms with Gasteiger partial charge in [0.15, 0.2) is 0 Å². The van der Waals surface area contributed by atoms with Crippen molar-refractivity contribution in [2.24, 2.45) is 0 Å². The van der Waals surface area contributed by atoms with Gasteiger partial charge in [0.2, 0.25) is 0 Å². The Morgan fingerprint density at radius 2 is 1.83 bits per heavy atom. The van der Waals surface area contributed by atoms with Gasteiger partial charge in [0, 0.05) is 41.7 Å². The number of pyridine rings is 1. The molecule has 0 N–H and O–H groups in total. The number of piperidine rings is 1. The van der Waals surface area contributed by atoms with Crippen molar-refractivity contribution in [2.75, 3.05) is 11.5 Å². The number of hydrogen-bond donors (Lipinski definition) is 0. The summed E-state index contributed by atoms with van der Waals surface area (Å²) >= 11 is 0. The molecule has 2 aliphatic heterocycles. The monoisotopic (exact) mass is 585 g/mol. The zero-order valence-electron chi connectivity index (χ0n) is 23.4. The van der Waals surface area contributed by atoms with Crippen molar-refractivity contribution in [3.8, 4) is 17.0 Å². The Balaban J connectivity index is 1.12. The highest BCUT2D eigenvalue weighted by molar-refractivity contribution is 5.71. The predicted octanol–water partition coefficient (Wildman–Crippen LogP) is 6.72. The number of alkyl halides is 3. The Bertz CT molecular complexity index is 1380. The average molecular weight is 586 g/mol. The molecule has 1 aromatic carbocycles. The van der Waals surface area contributed by atoms with Crippen LogP contribution in [0.3, 0.4) is 0 Å². The van der Waals surface area contributed by atoms with E-state index < -0.39 is 6.36 Å². The Morgan fingerprint density at radius 3 is 2.50 bits per heavy atom. The number of halogens is 3. The van der Waals surface area contributed by atoms with Gasteiger partial charge in [-0.25, -0.2) is 4.98 Å². The number of aromatic nitrogens is 2. The molecule has 1 saturated carbocycles. The summed E-state index contributed by atoms with van der Waals surface area (Å²) in [5.74, 6) is 1.32. The minimum Gasteiger partial charge on any atom is -0.466 e. The van der Waals surface area contributed by atoms with Crippen LogP contribution in [0.25, 0.3) is 11.3 Å².